The van der Waals surface area contributed by atoms with Gasteiger partial charge in [0.05, 0.1) is 13.0 Å². The molecular formula is C19H20FN3O3. The molecule has 3 N–H and O–H groups in total. The molecule has 26 heavy (non-hydrogen) atoms. The highest BCUT2D eigenvalue weighted by atomic mass is 19.1. The highest BCUT2D eigenvalue weighted by Gasteiger charge is 2.08. The van der Waals surface area contributed by atoms with Crippen LogP contribution in [0, 0.1) is 5.82 Å². The van der Waals surface area contributed by atoms with E-state index in [-0.39, 0.29) is 24.8 Å². The second-order valence-corrected chi connectivity index (χ2v) is 5.61. The van der Waals surface area contributed by atoms with Gasteiger partial charge in [0.15, 0.2) is 0 Å². The molecule has 0 fully saturated rings. The van der Waals surface area contributed by atoms with Crippen LogP contribution in [0.15, 0.2) is 48.5 Å². The molecule has 0 saturated carbocycles. The predicted octanol–water partition coefficient (Wildman–Crippen LogP) is 2.47. The number of benzene rings is 2. The molecule has 6 nitrogen and oxygen atoms in total. The summed E-state index contributed by atoms with van der Waals surface area (Å²) in [4.78, 5) is 35.2. The lowest BCUT2D eigenvalue weighted by molar-refractivity contribution is -0.123. The Morgan fingerprint density at radius 2 is 1.54 bits per heavy atom. The molecule has 0 aliphatic rings. The van der Waals surface area contributed by atoms with Gasteiger partial charge in [0.1, 0.15) is 5.82 Å². The number of halogens is 1. The first kappa shape index (κ1) is 19.1. The topological polar surface area (TPSA) is 87.3 Å². The normalized spacial score (nSPS) is 10.1. The Labute approximate surface area is 150 Å². The van der Waals surface area contributed by atoms with Gasteiger partial charge >= 0.3 is 0 Å². The van der Waals surface area contributed by atoms with Gasteiger partial charge in [-0.15, -0.1) is 0 Å². The van der Waals surface area contributed by atoms with E-state index in [9.17, 15) is 18.8 Å². The maximum atomic E-state index is 13.1. The summed E-state index contributed by atoms with van der Waals surface area (Å²) in [7, 11) is 0. The van der Waals surface area contributed by atoms with Crippen molar-refractivity contribution in [2.24, 2.45) is 0 Å². The van der Waals surface area contributed by atoms with Crippen molar-refractivity contribution in [3.8, 4) is 0 Å². The molecule has 2 rings (SSSR count). The summed E-state index contributed by atoms with van der Waals surface area (Å²) >= 11 is 0. The molecule has 3 amide bonds. The lowest BCUT2D eigenvalue weighted by Gasteiger charge is -2.09. The molecule has 136 valence electrons. The van der Waals surface area contributed by atoms with E-state index in [1.165, 1.54) is 18.2 Å². The predicted molar refractivity (Wildman–Crippen MR) is 97.1 cm³/mol. The SMILES string of the molecule is CCC(=O)Nc1cccc(NC(=O)CNC(=O)Cc2cccc(F)c2)c1. The van der Waals surface area contributed by atoms with Crippen LogP contribution in [0.3, 0.4) is 0 Å². The second kappa shape index (κ2) is 9.31. The van der Waals surface area contributed by atoms with Crippen molar-refractivity contribution < 1.29 is 18.8 Å². The minimum atomic E-state index is -0.414. The summed E-state index contributed by atoms with van der Waals surface area (Å²) in [5.41, 5.74) is 1.61. The van der Waals surface area contributed by atoms with Gasteiger partial charge in [-0.05, 0) is 35.9 Å². The van der Waals surface area contributed by atoms with E-state index in [1.807, 2.05) is 0 Å². The molecule has 0 unspecified atom stereocenters. The third-order valence-electron chi connectivity index (χ3n) is 3.45. The largest absolute Gasteiger partial charge is 0.347 e. The fraction of sp³-hybridized carbons (Fsp3) is 0.211. The van der Waals surface area contributed by atoms with Gasteiger partial charge in [0, 0.05) is 17.8 Å². The van der Waals surface area contributed by atoms with Crippen LogP contribution in [0.2, 0.25) is 0 Å². The number of rotatable bonds is 7. The molecule has 0 aliphatic carbocycles. The molecule has 0 aliphatic heterocycles. The van der Waals surface area contributed by atoms with Gasteiger partial charge in [0.25, 0.3) is 0 Å². The Bertz CT molecular complexity index is 808. The Morgan fingerprint density at radius 1 is 0.885 bits per heavy atom. The maximum Gasteiger partial charge on any atom is 0.243 e. The summed E-state index contributed by atoms with van der Waals surface area (Å²) in [5, 5.41) is 7.82. The molecule has 7 heteroatoms. The lowest BCUT2D eigenvalue weighted by Crippen LogP contribution is -2.33. The maximum absolute atomic E-state index is 13.1. The lowest BCUT2D eigenvalue weighted by atomic mass is 10.1. The minimum absolute atomic E-state index is 0.0103. The Balaban J connectivity index is 1.82. The van der Waals surface area contributed by atoms with Crippen LogP contribution in [0.5, 0.6) is 0 Å². The van der Waals surface area contributed by atoms with Crippen molar-refractivity contribution in [2.75, 3.05) is 17.2 Å². The third kappa shape index (κ3) is 6.35. The van der Waals surface area contributed by atoms with E-state index >= 15 is 0 Å². The number of amides is 3. The molecule has 0 aromatic heterocycles. The first-order valence-electron chi connectivity index (χ1n) is 8.17. The molecule has 0 spiro atoms. The number of carbonyl (C=O) groups excluding carboxylic acids is 3. The number of anilines is 2. The molecule has 0 saturated heterocycles. The van der Waals surface area contributed by atoms with Crippen molar-refractivity contribution in [2.45, 2.75) is 19.8 Å². The smallest absolute Gasteiger partial charge is 0.243 e. The fourth-order valence-corrected chi connectivity index (χ4v) is 2.20. The number of hydrogen-bond donors (Lipinski definition) is 3. The number of carbonyl (C=O) groups is 3. The van der Waals surface area contributed by atoms with Crippen LogP contribution in [-0.4, -0.2) is 24.3 Å². The standard InChI is InChI=1S/C19H20FN3O3/c1-2-17(24)22-15-7-4-8-16(11-15)23-19(26)12-21-18(25)10-13-5-3-6-14(20)9-13/h3-9,11H,2,10,12H2,1H3,(H,21,25)(H,22,24)(H,23,26). The van der Waals surface area contributed by atoms with Gasteiger partial charge in [0.2, 0.25) is 17.7 Å². The van der Waals surface area contributed by atoms with Gasteiger partial charge in [-0.3, -0.25) is 14.4 Å². The highest BCUT2D eigenvalue weighted by Crippen LogP contribution is 2.15. The van der Waals surface area contributed by atoms with Gasteiger partial charge in [-0.1, -0.05) is 25.1 Å². The summed E-state index contributed by atoms with van der Waals surface area (Å²) in [6.45, 7) is 1.53. The third-order valence-corrected chi connectivity index (χ3v) is 3.45. The molecule has 0 bridgehead atoms. The van der Waals surface area contributed by atoms with E-state index in [0.29, 0.717) is 23.4 Å². The first-order valence-corrected chi connectivity index (χ1v) is 8.17. The average Bonchev–Trinajstić information content (AvgIpc) is 2.60. The average molecular weight is 357 g/mol. The Morgan fingerprint density at radius 3 is 2.19 bits per heavy atom. The monoisotopic (exact) mass is 357 g/mol. The van der Waals surface area contributed by atoms with Crippen LogP contribution in [0.1, 0.15) is 18.9 Å². The van der Waals surface area contributed by atoms with Crippen molar-refractivity contribution in [1.82, 2.24) is 5.32 Å². The Hall–Kier alpha value is -3.22. The van der Waals surface area contributed by atoms with E-state index < -0.39 is 11.7 Å². The zero-order valence-electron chi connectivity index (χ0n) is 14.3. The van der Waals surface area contributed by atoms with E-state index in [0.717, 1.165) is 0 Å². The van der Waals surface area contributed by atoms with Gasteiger partial charge in [-0.25, -0.2) is 4.39 Å². The van der Waals surface area contributed by atoms with Gasteiger partial charge in [-0.2, -0.15) is 0 Å². The summed E-state index contributed by atoms with van der Waals surface area (Å²) in [6.07, 6.45) is 0.345. The zero-order valence-corrected chi connectivity index (χ0v) is 14.3. The molecule has 0 atom stereocenters. The summed E-state index contributed by atoms with van der Waals surface area (Å²) < 4.78 is 13.1. The van der Waals surface area contributed by atoms with E-state index in [4.69, 9.17) is 0 Å². The van der Waals surface area contributed by atoms with Crippen molar-refractivity contribution in [3.63, 3.8) is 0 Å². The van der Waals surface area contributed by atoms with Crippen LogP contribution in [0.4, 0.5) is 15.8 Å². The second-order valence-electron chi connectivity index (χ2n) is 5.61. The molecule has 2 aromatic rings. The molecule has 2 aromatic carbocycles. The first-order chi connectivity index (χ1) is 12.5. The molecule has 0 radical (unpaired) electrons. The molecular weight excluding hydrogens is 337 g/mol. The fourth-order valence-electron chi connectivity index (χ4n) is 2.20. The number of nitrogens with one attached hydrogen (secondary N) is 3. The van der Waals surface area contributed by atoms with Crippen molar-refractivity contribution in [1.29, 1.82) is 0 Å². The molecule has 0 heterocycles. The zero-order chi connectivity index (χ0) is 18.9. The summed E-state index contributed by atoms with van der Waals surface area (Å²) in [5.74, 6) is -1.33. The van der Waals surface area contributed by atoms with E-state index in [1.54, 1.807) is 37.3 Å². The highest BCUT2D eigenvalue weighted by molar-refractivity contribution is 5.96. The van der Waals surface area contributed by atoms with Gasteiger partial charge < -0.3 is 16.0 Å². The van der Waals surface area contributed by atoms with Crippen molar-refractivity contribution >= 4 is 29.1 Å². The quantitative estimate of drug-likeness (QED) is 0.711. The van der Waals surface area contributed by atoms with Crippen LogP contribution in [0.25, 0.3) is 0 Å². The number of hydrogen-bond acceptors (Lipinski definition) is 3. The van der Waals surface area contributed by atoms with Crippen LogP contribution < -0.4 is 16.0 Å². The summed E-state index contributed by atoms with van der Waals surface area (Å²) in [6, 6.07) is 12.4. The van der Waals surface area contributed by atoms with Crippen molar-refractivity contribution in [3.05, 3.63) is 59.9 Å². The minimum Gasteiger partial charge on any atom is -0.347 e. The van der Waals surface area contributed by atoms with E-state index in [2.05, 4.69) is 16.0 Å². The van der Waals surface area contributed by atoms with Crippen LogP contribution >= 0.6 is 0 Å². The Kier molecular flexibility index (Phi) is 6.84. The van der Waals surface area contributed by atoms with Crippen LogP contribution in [-0.2, 0) is 20.8 Å².